The van der Waals surface area contributed by atoms with Gasteiger partial charge in [-0.25, -0.2) is 4.98 Å². The normalized spacial score (nSPS) is 14.5. The maximum Gasteiger partial charge on any atom is 0.291 e. The van der Waals surface area contributed by atoms with Crippen molar-refractivity contribution < 1.29 is 18.4 Å². The Bertz CT molecular complexity index is 1090. The zero-order chi connectivity index (χ0) is 22.0. The zero-order valence-corrected chi connectivity index (χ0v) is 17.8. The van der Waals surface area contributed by atoms with Crippen LogP contribution in [-0.4, -0.2) is 58.1 Å². The fourth-order valence-electron chi connectivity index (χ4n) is 3.73. The molecule has 1 fully saturated rings. The molecule has 0 aliphatic carbocycles. The van der Waals surface area contributed by atoms with Crippen LogP contribution in [0.15, 0.2) is 53.7 Å². The molecule has 3 aromatic rings. The molecule has 1 amide bonds. The number of carbonyl (C=O) groups excluding carboxylic acids is 2. The number of Topliss-reactive ketones (excluding diaryl/α,β-unsaturated/α-hetero) is 1. The molecule has 1 aliphatic rings. The topological polar surface area (TPSA) is 58.4 Å². The Morgan fingerprint density at radius 3 is 2.35 bits per heavy atom. The summed E-state index contributed by atoms with van der Waals surface area (Å²) in [6.45, 7) is 3.91. The molecule has 1 aromatic heterocycles. The van der Waals surface area contributed by atoms with Gasteiger partial charge in [0.1, 0.15) is 6.54 Å². The number of rotatable bonds is 6. The highest BCUT2D eigenvalue weighted by Crippen LogP contribution is 2.28. The molecule has 0 unspecified atom stereocenters. The maximum atomic E-state index is 13.0. The second-order valence-electron chi connectivity index (χ2n) is 7.32. The van der Waals surface area contributed by atoms with Gasteiger partial charge in [0.05, 0.1) is 11.0 Å². The van der Waals surface area contributed by atoms with E-state index in [2.05, 4.69) is 9.88 Å². The Labute approximate surface area is 182 Å². The minimum absolute atomic E-state index is 0.0249. The van der Waals surface area contributed by atoms with Crippen molar-refractivity contribution in [2.24, 2.45) is 0 Å². The first-order valence-corrected chi connectivity index (χ1v) is 10.8. The third kappa shape index (κ3) is 4.71. The number of amides is 1. The van der Waals surface area contributed by atoms with E-state index in [0.717, 1.165) is 5.69 Å². The Morgan fingerprint density at radius 2 is 1.71 bits per heavy atom. The first kappa shape index (κ1) is 21.3. The van der Waals surface area contributed by atoms with Gasteiger partial charge in [-0.1, -0.05) is 12.1 Å². The number of fused-ring (bicyclic) bond motifs is 1. The van der Waals surface area contributed by atoms with Gasteiger partial charge in [-0.05, 0) is 55.1 Å². The smallest absolute Gasteiger partial charge is 0.291 e. The highest BCUT2D eigenvalue weighted by atomic mass is 32.2. The number of piperazine rings is 1. The SMILES string of the molecule is CC(=O)c1ccc(N2CCN(C(=O)Cn3c(SC(F)F)nc4ccccc43)CC2)cc1. The summed E-state index contributed by atoms with van der Waals surface area (Å²) in [5, 5.41) is 0.147. The fraction of sp³-hybridized carbons (Fsp3) is 0.318. The van der Waals surface area contributed by atoms with Crippen LogP contribution in [0.4, 0.5) is 14.5 Å². The molecular weight excluding hydrogens is 422 g/mol. The van der Waals surface area contributed by atoms with Crippen LogP contribution in [0.25, 0.3) is 11.0 Å². The zero-order valence-electron chi connectivity index (χ0n) is 17.0. The van der Waals surface area contributed by atoms with Crippen molar-refractivity contribution >= 4 is 40.2 Å². The summed E-state index contributed by atoms with van der Waals surface area (Å²) in [5.41, 5.74) is 2.94. The lowest BCUT2D eigenvalue weighted by atomic mass is 10.1. The lowest BCUT2D eigenvalue weighted by Crippen LogP contribution is -2.49. The predicted molar refractivity (Wildman–Crippen MR) is 117 cm³/mol. The predicted octanol–water partition coefficient (Wildman–Crippen LogP) is 3.90. The van der Waals surface area contributed by atoms with Crippen LogP contribution >= 0.6 is 11.8 Å². The van der Waals surface area contributed by atoms with Crippen LogP contribution < -0.4 is 4.90 Å². The summed E-state index contributed by atoms with van der Waals surface area (Å²) in [6, 6.07) is 14.6. The standard InChI is InChI=1S/C22H22F2N4O2S/c1-15(29)16-6-8-17(9-7-16)26-10-12-27(13-11-26)20(30)14-28-19-5-3-2-4-18(19)25-22(28)31-21(23)24/h2-9,21H,10-14H2,1H3. The van der Waals surface area contributed by atoms with Gasteiger partial charge in [0.25, 0.3) is 5.76 Å². The molecule has 4 rings (SSSR count). The average Bonchev–Trinajstić information content (AvgIpc) is 3.10. The summed E-state index contributed by atoms with van der Waals surface area (Å²) in [6.07, 6.45) is 0. The molecule has 1 saturated heterocycles. The van der Waals surface area contributed by atoms with Crippen LogP contribution in [0.5, 0.6) is 0 Å². The molecule has 9 heteroatoms. The van der Waals surface area contributed by atoms with Crippen molar-refractivity contribution in [2.45, 2.75) is 24.4 Å². The minimum atomic E-state index is -2.61. The average molecular weight is 445 g/mol. The van der Waals surface area contributed by atoms with E-state index in [1.165, 1.54) is 6.92 Å². The van der Waals surface area contributed by atoms with Gasteiger partial charge in [-0.2, -0.15) is 8.78 Å². The first-order chi connectivity index (χ1) is 14.9. The van der Waals surface area contributed by atoms with Gasteiger partial charge in [-0.3, -0.25) is 9.59 Å². The third-order valence-electron chi connectivity index (χ3n) is 5.38. The Morgan fingerprint density at radius 1 is 1.03 bits per heavy atom. The lowest BCUT2D eigenvalue weighted by Gasteiger charge is -2.36. The largest absolute Gasteiger partial charge is 0.368 e. The van der Waals surface area contributed by atoms with Gasteiger partial charge >= 0.3 is 0 Å². The van der Waals surface area contributed by atoms with Gasteiger partial charge < -0.3 is 14.4 Å². The first-order valence-electron chi connectivity index (χ1n) is 9.96. The van der Waals surface area contributed by atoms with E-state index < -0.39 is 5.76 Å². The van der Waals surface area contributed by atoms with E-state index in [1.54, 1.807) is 33.7 Å². The second-order valence-corrected chi connectivity index (χ2v) is 8.28. The summed E-state index contributed by atoms with van der Waals surface area (Å²) in [7, 11) is 0. The van der Waals surface area contributed by atoms with Crippen molar-refractivity contribution in [3.8, 4) is 0 Å². The van der Waals surface area contributed by atoms with Crippen LogP contribution in [0.2, 0.25) is 0 Å². The van der Waals surface area contributed by atoms with E-state index in [1.807, 2.05) is 24.3 Å². The summed E-state index contributed by atoms with van der Waals surface area (Å²) >= 11 is 0.356. The Hall–Kier alpha value is -2.94. The Kier molecular flexibility index (Phi) is 6.22. The summed E-state index contributed by atoms with van der Waals surface area (Å²) < 4.78 is 27.5. The van der Waals surface area contributed by atoms with E-state index in [-0.39, 0.29) is 23.4 Å². The van der Waals surface area contributed by atoms with Crippen molar-refractivity contribution in [3.05, 3.63) is 54.1 Å². The van der Waals surface area contributed by atoms with E-state index in [4.69, 9.17) is 0 Å². The van der Waals surface area contributed by atoms with Crippen molar-refractivity contribution in [3.63, 3.8) is 0 Å². The van der Waals surface area contributed by atoms with Gasteiger partial charge in [-0.15, -0.1) is 0 Å². The van der Waals surface area contributed by atoms with E-state index >= 15 is 0 Å². The number of anilines is 1. The molecule has 0 bridgehead atoms. The van der Waals surface area contributed by atoms with E-state index in [0.29, 0.717) is 54.5 Å². The van der Waals surface area contributed by atoms with Crippen molar-refractivity contribution in [2.75, 3.05) is 31.1 Å². The summed E-state index contributed by atoms with van der Waals surface area (Å²) in [5.74, 6) is -2.70. The molecule has 2 heterocycles. The number of carbonyl (C=O) groups is 2. The molecule has 0 saturated carbocycles. The van der Waals surface area contributed by atoms with Crippen LogP contribution in [-0.2, 0) is 11.3 Å². The number of nitrogens with zero attached hydrogens (tertiary/aromatic N) is 4. The van der Waals surface area contributed by atoms with Crippen LogP contribution in [0.3, 0.4) is 0 Å². The molecule has 0 radical (unpaired) electrons. The fourth-order valence-corrected chi connectivity index (χ4v) is 4.33. The quantitative estimate of drug-likeness (QED) is 0.426. The molecule has 0 spiro atoms. The second kappa shape index (κ2) is 9.05. The molecular formula is C22H22F2N4O2S. The number of hydrogen-bond acceptors (Lipinski definition) is 5. The molecule has 6 nitrogen and oxygen atoms in total. The third-order valence-corrected chi connectivity index (χ3v) is 6.08. The minimum Gasteiger partial charge on any atom is -0.368 e. The lowest BCUT2D eigenvalue weighted by molar-refractivity contribution is -0.132. The number of thioether (sulfide) groups is 1. The monoisotopic (exact) mass is 444 g/mol. The van der Waals surface area contributed by atoms with Crippen molar-refractivity contribution in [1.82, 2.24) is 14.5 Å². The number of ketones is 1. The summed E-state index contributed by atoms with van der Waals surface area (Å²) in [4.78, 5) is 32.6. The number of hydrogen-bond donors (Lipinski definition) is 0. The molecule has 2 aromatic carbocycles. The number of para-hydroxylation sites is 2. The molecule has 162 valence electrons. The molecule has 1 aliphatic heterocycles. The Balaban J connectivity index is 1.43. The maximum absolute atomic E-state index is 13.0. The van der Waals surface area contributed by atoms with Crippen molar-refractivity contribution in [1.29, 1.82) is 0 Å². The molecule has 0 atom stereocenters. The highest BCUT2D eigenvalue weighted by Gasteiger charge is 2.24. The molecule has 0 N–H and O–H groups in total. The number of alkyl halides is 2. The number of benzene rings is 2. The number of imidazole rings is 1. The van der Waals surface area contributed by atoms with Gasteiger partial charge in [0.2, 0.25) is 5.91 Å². The number of aromatic nitrogens is 2. The van der Waals surface area contributed by atoms with Gasteiger partial charge in [0.15, 0.2) is 10.9 Å². The highest BCUT2D eigenvalue weighted by molar-refractivity contribution is 7.99. The van der Waals surface area contributed by atoms with Gasteiger partial charge in [0, 0.05) is 37.4 Å². The molecule has 31 heavy (non-hydrogen) atoms. The number of halogens is 2. The van der Waals surface area contributed by atoms with Crippen LogP contribution in [0, 0.1) is 0 Å². The van der Waals surface area contributed by atoms with Crippen LogP contribution in [0.1, 0.15) is 17.3 Å². The van der Waals surface area contributed by atoms with E-state index in [9.17, 15) is 18.4 Å².